The predicted molar refractivity (Wildman–Crippen MR) is 114 cm³/mol. The molecule has 0 saturated carbocycles. The highest BCUT2D eigenvalue weighted by atomic mass is 79.9. The number of carbonyl (C=O) groups is 1. The molecular weight excluding hydrogens is 450 g/mol. The molecule has 1 amide bonds. The SMILES string of the molecule is O=C(c1cncc(Br)c1)N1CCN(c2ccc(-c3ccc4c(c3)OCO4)nn2)CC1. The molecule has 1 aromatic carbocycles. The third-order valence-corrected chi connectivity index (χ3v) is 5.60. The number of benzene rings is 1. The summed E-state index contributed by atoms with van der Waals surface area (Å²) in [6, 6.07) is 11.4. The van der Waals surface area contributed by atoms with Gasteiger partial charge in [0, 0.05) is 48.6 Å². The van der Waals surface area contributed by atoms with Crippen LogP contribution in [0.2, 0.25) is 0 Å². The number of carbonyl (C=O) groups excluding carboxylic acids is 1. The monoisotopic (exact) mass is 467 g/mol. The average molecular weight is 468 g/mol. The fraction of sp³-hybridized carbons (Fsp3) is 0.238. The molecule has 4 heterocycles. The van der Waals surface area contributed by atoms with Gasteiger partial charge < -0.3 is 19.3 Å². The standard InChI is InChI=1S/C21H18BrN5O3/c22-16-9-15(11-23-12-16)21(28)27-7-5-26(6-8-27)20-4-2-17(24-25-20)14-1-3-18-19(10-14)30-13-29-18/h1-4,9-12H,5-8,13H2. The molecule has 0 atom stereocenters. The molecule has 0 spiro atoms. The molecule has 2 aliphatic heterocycles. The normalized spacial score (nSPS) is 15.4. The van der Waals surface area contributed by atoms with Gasteiger partial charge in [-0.2, -0.15) is 0 Å². The number of aromatic nitrogens is 3. The van der Waals surface area contributed by atoms with Gasteiger partial charge in [-0.1, -0.05) is 0 Å². The Morgan fingerprint density at radius 1 is 0.933 bits per heavy atom. The number of anilines is 1. The van der Waals surface area contributed by atoms with Gasteiger partial charge in [-0.15, -0.1) is 10.2 Å². The lowest BCUT2D eigenvalue weighted by molar-refractivity contribution is 0.0746. The van der Waals surface area contributed by atoms with E-state index in [0.717, 1.165) is 33.0 Å². The topological polar surface area (TPSA) is 80.7 Å². The summed E-state index contributed by atoms with van der Waals surface area (Å²) >= 11 is 3.36. The van der Waals surface area contributed by atoms with Crippen molar-refractivity contribution in [2.45, 2.75) is 0 Å². The first-order valence-electron chi connectivity index (χ1n) is 9.56. The zero-order chi connectivity index (χ0) is 20.5. The Morgan fingerprint density at radius 2 is 1.77 bits per heavy atom. The van der Waals surface area contributed by atoms with Gasteiger partial charge in [0.25, 0.3) is 5.91 Å². The molecule has 152 valence electrons. The van der Waals surface area contributed by atoms with E-state index in [2.05, 4.69) is 36.0 Å². The van der Waals surface area contributed by atoms with Crippen molar-refractivity contribution >= 4 is 27.7 Å². The zero-order valence-corrected chi connectivity index (χ0v) is 17.6. The number of pyridine rings is 1. The zero-order valence-electron chi connectivity index (χ0n) is 16.0. The van der Waals surface area contributed by atoms with Crippen molar-refractivity contribution in [1.29, 1.82) is 0 Å². The van der Waals surface area contributed by atoms with E-state index in [0.29, 0.717) is 31.7 Å². The second-order valence-electron chi connectivity index (χ2n) is 7.02. The van der Waals surface area contributed by atoms with Crippen LogP contribution in [0.25, 0.3) is 11.3 Å². The summed E-state index contributed by atoms with van der Waals surface area (Å²) in [7, 11) is 0. The van der Waals surface area contributed by atoms with Crippen LogP contribution in [-0.4, -0.2) is 59.0 Å². The van der Waals surface area contributed by atoms with E-state index in [1.807, 2.05) is 35.2 Å². The maximum absolute atomic E-state index is 12.7. The number of fused-ring (bicyclic) bond motifs is 1. The second-order valence-corrected chi connectivity index (χ2v) is 7.93. The molecule has 0 unspecified atom stereocenters. The van der Waals surface area contributed by atoms with E-state index in [9.17, 15) is 4.79 Å². The van der Waals surface area contributed by atoms with E-state index in [1.54, 1.807) is 18.5 Å². The van der Waals surface area contributed by atoms with Crippen molar-refractivity contribution in [3.8, 4) is 22.8 Å². The Bertz CT molecular complexity index is 1080. The molecule has 1 saturated heterocycles. The first-order chi connectivity index (χ1) is 14.7. The number of piperazine rings is 1. The molecule has 0 N–H and O–H groups in total. The molecule has 2 aromatic heterocycles. The first-order valence-corrected chi connectivity index (χ1v) is 10.4. The lowest BCUT2D eigenvalue weighted by atomic mass is 10.1. The number of hydrogen-bond donors (Lipinski definition) is 0. The fourth-order valence-corrected chi connectivity index (χ4v) is 3.92. The Hall–Kier alpha value is -3.20. The number of ether oxygens (including phenoxy) is 2. The van der Waals surface area contributed by atoms with Crippen LogP contribution >= 0.6 is 15.9 Å². The largest absolute Gasteiger partial charge is 0.454 e. The number of amides is 1. The Balaban J connectivity index is 1.24. The van der Waals surface area contributed by atoms with Gasteiger partial charge in [0.1, 0.15) is 0 Å². The van der Waals surface area contributed by atoms with Gasteiger partial charge >= 0.3 is 0 Å². The maximum atomic E-state index is 12.7. The van der Waals surface area contributed by atoms with Crippen LogP contribution in [0.5, 0.6) is 11.5 Å². The Kier molecular flexibility index (Phi) is 4.96. The minimum Gasteiger partial charge on any atom is -0.454 e. The highest BCUT2D eigenvalue weighted by Gasteiger charge is 2.23. The smallest absolute Gasteiger partial charge is 0.255 e. The molecule has 0 aliphatic carbocycles. The molecule has 9 heteroatoms. The lowest BCUT2D eigenvalue weighted by Crippen LogP contribution is -2.49. The summed E-state index contributed by atoms with van der Waals surface area (Å²) in [6.45, 7) is 2.89. The van der Waals surface area contributed by atoms with Gasteiger partial charge in [0.2, 0.25) is 6.79 Å². The third-order valence-electron chi connectivity index (χ3n) is 5.16. The van der Waals surface area contributed by atoms with Crippen LogP contribution in [0.4, 0.5) is 5.82 Å². The maximum Gasteiger partial charge on any atom is 0.255 e. The Morgan fingerprint density at radius 3 is 2.53 bits per heavy atom. The summed E-state index contributed by atoms with van der Waals surface area (Å²) in [4.78, 5) is 20.7. The van der Waals surface area contributed by atoms with E-state index < -0.39 is 0 Å². The average Bonchev–Trinajstić information content (AvgIpc) is 3.27. The number of rotatable bonds is 3. The van der Waals surface area contributed by atoms with Crippen molar-refractivity contribution in [3.63, 3.8) is 0 Å². The van der Waals surface area contributed by atoms with Crippen LogP contribution in [0.15, 0.2) is 53.3 Å². The van der Waals surface area contributed by atoms with Gasteiger partial charge in [-0.25, -0.2) is 0 Å². The molecule has 5 rings (SSSR count). The third kappa shape index (κ3) is 3.68. The lowest BCUT2D eigenvalue weighted by Gasteiger charge is -2.35. The highest BCUT2D eigenvalue weighted by molar-refractivity contribution is 9.10. The van der Waals surface area contributed by atoms with Gasteiger partial charge in [-0.05, 0) is 52.3 Å². The van der Waals surface area contributed by atoms with Crippen LogP contribution in [0.3, 0.4) is 0 Å². The quantitative estimate of drug-likeness (QED) is 0.585. The molecule has 2 aliphatic rings. The van der Waals surface area contributed by atoms with Crippen LogP contribution in [-0.2, 0) is 0 Å². The van der Waals surface area contributed by atoms with Gasteiger partial charge in [-0.3, -0.25) is 9.78 Å². The number of hydrogen-bond acceptors (Lipinski definition) is 7. The van der Waals surface area contributed by atoms with Crippen molar-refractivity contribution in [1.82, 2.24) is 20.1 Å². The van der Waals surface area contributed by atoms with Gasteiger partial charge in [0.05, 0.1) is 11.3 Å². The first kappa shape index (κ1) is 18.8. The van der Waals surface area contributed by atoms with Crippen molar-refractivity contribution in [3.05, 3.63) is 58.8 Å². The fourth-order valence-electron chi connectivity index (χ4n) is 3.55. The molecule has 30 heavy (non-hydrogen) atoms. The van der Waals surface area contributed by atoms with Gasteiger partial charge in [0.15, 0.2) is 17.3 Å². The second kappa shape index (κ2) is 7.91. The van der Waals surface area contributed by atoms with Crippen LogP contribution < -0.4 is 14.4 Å². The number of nitrogens with zero attached hydrogens (tertiary/aromatic N) is 5. The van der Waals surface area contributed by atoms with Crippen LogP contribution in [0, 0.1) is 0 Å². The van der Waals surface area contributed by atoms with Crippen molar-refractivity contribution < 1.29 is 14.3 Å². The van der Waals surface area contributed by atoms with Crippen molar-refractivity contribution in [2.75, 3.05) is 37.9 Å². The van der Waals surface area contributed by atoms with Crippen LogP contribution in [0.1, 0.15) is 10.4 Å². The summed E-state index contributed by atoms with van der Waals surface area (Å²) in [5.41, 5.74) is 2.29. The van der Waals surface area contributed by atoms with E-state index in [-0.39, 0.29) is 12.7 Å². The molecule has 1 fully saturated rings. The minimum absolute atomic E-state index is 0.00677. The minimum atomic E-state index is -0.00677. The van der Waals surface area contributed by atoms with E-state index in [4.69, 9.17) is 9.47 Å². The van der Waals surface area contributed by atoms with E-state index in [1.165, 1.54) is 0 Å². The summed E-state index contributed by atoms with van der Waals surface area (Å²) in [5, 5.41) is 8.78. The predicted octanol–water partition coefficient (Wildman–Crippen LogP) is 2.99. The van der Waals surface area contributed by atoms with E-state index >= 15 is 0 Å². The summed E-state index contributed by atoms with van der Waals surface area (Å²) in [5.74, 6) is 2.26. The molecular formula is C21H18BrN5O3. The highest BCUT2D eigenvalue weighted by Crippen LogP contribution is 2.35. The summed E-state index contributed by atoms with van der Waals surface area (Å²) in [6.07, 6.45) is 3.26. The molecule has 0 radical (unpaired) electrons. The summed E-state index contributed by atoms with van der Waals surface area (Å²) < 4.78 is 11.6. The van der Waals surface area contributed by atoms with Crippen molar-refractivity contribution in [2.24, 2.45) is 0 Å². The molecule has 0 bridgehead atoms. The number of halogens is 1. The Labute approximate surface area is 181 Å². The molecule has 3 aromatic rings. The molecule has 8 nitrogen and oxygen atoms in total.